The summed E-state index contributed by atoms with van der Waals surface area (Å²) in [5, 5.41) is 3.59. The van der Waals surface area contributed by atoms with Crippen LogP contribution in [0.1, 0.15) is 32.6 Å². The fraction of sp³-hybridized carbons (Fsp3) is 0.208. The fourth-order valence-corrected chi connectivity index (χ4v) is 3.22. The Hall–Kier alpha value is -2.98. The number of rotatable bonds is 7. The molecule has 3 aromatic carbocycles. The van der Waals surface area contributed by atoms with E-state index in [9.17, 15) is 4.79 Å². The van der Waals surface area contributed by atoms with Gasteiger partial charge in [-0.1, -0.05) is 29.8 Å². The summed E-state index contributed by atoms with van der Waals surface area (Å²) in [6, 6.07) is 18.8. The largest absolute Gasteiger partial charge is 0.496 e. The normalized spacial score (nSPS) is 10.5. The Balaban J connectivity index is 1.70. The average Bonchev–Trinajstić information content (AvgIpc) is 2.70. The third-order valence-electron chi connectivity index (χ3n) is 4.50. The molecule has 0 aliphatic rings. The number of benzene rings is 3. The minimum Gasteiger partial charge on any atom is -0.496 e. The zero-order valence-corrected chi connectivity index (χ0v) is 17.5. The van der Waals surface area contributed by atoms with Crippen molar-refractivity contribution in [2.24, 2.45) is 0 Å². The number of halogens is 1. The number of ether oxygens (including phenoxy) is 2. The van der Waals surface area contributed by atoms with Crippen LogP contribution in [0.4, 0.5) is 0 Å². The number of carbonyl (C=O) groups excluding carboxylic acids is 1. The first kappa shape index (κ1) is 20.7. The summed E-state index contributed by atoms with van der Waals surface area (Å²) in [6.45, 7) is 4.80. The van der Waals surface area contributed by atoms with Gasteiger partial charge in [0.05, 0.1) is 7.11 Å². The maximum atomic E-state index is 12.6. The van der Waals surface area contributed by atoms with Crippen molar-refractivity contribution in [3.05, 3.63) is 93.5 Å². The highest BCUT2D eigenvalue weighted by molar-refractivity contribution is 6.30. The molecule has 150 valence electrons. The molecule has 0 saturated heterocycles. The van der Waals surface area contributed by atoms with Gasteiger partial charge in [0.25, 0.3) is 5.91 Å². The Bertz CT molecular complexity index is 979. The van der Waals surface area contributed by atoms with E-state index in [0.29, 0.717) is 29.5 Å². The number of carbonyl (C=O) groups is 1. The van der Waals surface area contributed by atoms with Crippen LogP contribution < -0.4 is 14.8 Å². The molecule has 0 unspecified atom stereocenters. The van der Waals surface area contributed by atoms with Crippen molar-refractivity contribution in [1.82, 2.24) is 5.32 Å². The van der Waals surface area contributed by atoms with Gasteiger partial charge in [-0.15, -0.1) is 0 Å². The van der Waals surface area contributed by atoms with E-state index in [1.165, 1.54) is 0 Å². The van der Waals surface area contributed by atoms with Crippen molar-refractivity contribution in [2.75, 3.05) is 7.11 Å². The van der Waals surface area contributed by atoms with Gasteiger partial charge in [-0.3, -0.25) is 4.79 Å². The molecule has 0 spiro atoms. The lowest BCUT2D eigenvalue weighted by Crippen LogP contribution is -2.23. The predicted octanol–water partition coefficient (Wildman–Crippen LogP) is 5.47. The summed E-state index contributed by atoms with van der Waals surface area (Å²) >= 11 is 5.90. The van der Waals surface area contributed by atoms with Gasteiger partial charge >= 0.3 is 0 Å². The summed E-state index contributed by atoms with van der Waals surface area (Å²) in [6.07, 6.45) is 0. The quantitative estimate of drug-likeness (QED) is 0.562. The fourth-order valence-electron chi connectivity index (χ4n) is 3.10. The molecule has 3 rings (SSSR count). The first-order valence-electron chi connectivity index (χ1n) is 9.35. The second-order valence-electron chi connectivity index (χ2n) is 6.95. The Morgan fingerprint density at radius 2 is 1.66 bits per heavy atom. The first-order valence-corrected chi connectivity index (χ1v) is 9.73. The number of nitrogens with one attached hydrogen (secondary N) is 1. The molecule has 0 fully saturated rings. The average molecular weight is 410 g/mol. The van der Waals surface area contributed by atoms with Gasteiger partial charge in [-0.2, -0.15) is 0 Å². The highest BCUT2D eigenvalue weighted by Crippen LogP contribution is 2.23. The molecule has 0 aliphatic heterocycles. The van der Waals surface area contributed by atoms with Crippen LogP contribution in [0.2, 0.25) is 5.02 Å². The predicted molar refractivity (Wildman–Crippen MR) is 116 cm³/mol. The number of aryl methyl sites for hydroxylation is 2. The van der Waals surface area contributed by atoms with Crippen molar-refractivity contribution < 1.29 is 14.3 Å². The third kappa shape index (κ3) is 5.75. The topological polar surface area (TPSA) is 47.6 Å². The zero-order valence-electron chi connectivity index (χ0n) is 16.8. The van der Waals surface area contributed by atoms with E-state index in [1.54, 1.807) is 37.4 Å². The second-order valence-corrected chi connectivity index (χ2v) is 7.38. The molecule has 0 aromatic heterocycles. The molecule has 3 aromatic rings. The smallest absolute Gasteiger partial charge is 0.251 e. The van der Waals surface area contributed by atoms with E-state index in [1.807, 2.05) is 38.1 Å². The molecule has 29 heavy (non-hydrogen) atoms. The number of hydrogen-bond acceptors (Lipinski definition) is 3. The van der Waals surface area contributed by atoms with E-state index in [4.69, 9.17) is 21.1 Å². The Labute approximate surface area is 176 Å². The van der Waals surface area contributed by atoms with Gasteiger partial charge in [0.2, 0.25) is 0 Å². The molecular weight excluding hydrogens is 386 g/mol. The maximum absolute atomic E-state index is 12.6. The molecular formula is C24H24ClNO3. The van der Waals surface area contributed by atoms with Gasteiger partial charge in [-0.25, -0.2) is 0 Å². The van der Waals surface area contributed by atoms with E-state index < -0.39 is 0 Å². The molecule has 0 aliphatic carbocycles. The van der Waals surface area contributed by atoms with Crippen molar-refractivity contribution in [3.8, 4) is 11.5 Å². The maximum Gasteiger partial charge on any atom is 0.251 e. The SMILES string of the molecule is COc1ccc(C(=O)NCc2ccc(Cl)cc2)cc1COc1cc(C)cc(C)c1. The standard InChI is InChI=1S/C24H24ClNO3/c1-16-10-17(2)12-22(11-16)29-15-20-13-19(6-9-23(20)28-3)24(27)26-14-18-4-7-21(25)8-5-18/h4-13H,14-15H2,1-3H3,(H,26,27). The van der Waals surface area contributed by atoms with Gasteiger partial charge in [0, 0.05) is 22.7 Å². The lowest BCUT2D eigenvalue weighted by Gasteiger charge is -2.13. The van der Waals surface area contributed by atoms with Crippen LogP contribution in [0.15, 0.2) is 60.7 Å². The minimum absolute atomic E-state index is 0.157. The minimum atomic E-state index is -0.157. The summed E-state index contributed by atoms with van der Waals surface area (Å²) in [5.41, 5.74) is 4.63. The number of hydrogen-bond donors (Lipinski definition) is 1. The van der Waals surface area contributed by atoms with Crippen LogP contribution in [-0.4, -0.2) is 13.0 Å². The van der Waals surface area contributed by atoms with Crippen molar-refractivity contribution in [1.29, 1.82) is 0 Å². The monoisotopic (exact) mass is 409 g/mol. The molecule has 0 heterocycles. The summed E-state index contributed by atoms with van der Waals surface area (Å²) in [7, 11) is 1.61. The number of amides is 1. The molecule has 0 radical (unpaired) electrons. The van der Waals surface area contributed by atoms with Crippen LogP contribution >= 0.6 is 11.6 Å². The number of methoxy groups -OCH3 is 1. The van der Waals surface area contributed by atoms with Crippen molar-refractivity contribution >= 4 is 17.5 Å². The Morgan fingerprint density at radius 3 is 2.31 bits per heavy atom. The van der Waals surface area contributed by atoms with Gasteiger partial charge < -0.3 is 14.8 Å². The second kappa shape index (κ2) is 9.48. The van der Waals surface area contributed by atoms with E-state index in [0.717, 1.165) is 28.0 Å². The Kier molecular flexibility index (Phi) is 6.78. The van der Waals surface area contributed by atoms with Gasteiger partial charge in [0.1, 0.15) is 18.1 Å². The van der Waals surface area contributed by atoms with E-state index >= 15 is 0 Å². The third-order valence-corrected chi connectivity index (χ3v) is 4.75. The van der Waals surface area contributed by atoms with E-state index in [-0.39, 0.29) is 5.91 Å². The molecule has 1 amide bonds. The zero-order chi connectivity index (χ0) is 20.8. The lowest BCUT2D eigenvalue weighted by atomic mass is 10.1. The molecule has 4 nitrogen and oxygen atoms in total. The summed E-state index contributed by atoms with van der Waals surface area (Å²) in [4.78, 5) is 12.6. The van der Waals surface area contributed by atoms with Crippen molar-refractivity contribution in [3.63, 3.8) is 0 Å². The van der Waals surface area contributed by atoms with Crippen LogP contribution in [0.25, 0.3) is 0 Å². The molecule has 0 bridgehead atoms. The molecule has 1 N–H and O–H groups in total. The first-order chi connectivity index (χ1) is 13.9. The lowest BCUT2D eigenvalue weighted by molar-refractivity contribution is 0.0950. The summed E-state index contributed by atoms with van der Waals surface area (Å²) < 4.78 is 11.4. The van der Waals surface area contributed by atoms with Gasteiger partial charge in [-0.05, 0) is 73.0 Å². The van der Waals surface area contributed by atoms with Crippen molar-refractivity contribution in [2.45, 2.75) is 27.0 Å². The Morgan fingerprint density at radius 1 is 0.966 bits per heavy atom. The van der Waals surface area contributed by atoms with Gasteiger partial charge in [0.15, 0.2) is 0 Å². The highest BCUT2D eigenvalue weighted by atomic mass is 35.5. The highest BCUT2D eigenvalue weighted by Gasteiger charge is 2.11. The molecule has 0 atom stereocenters. The van der Waals surface area contributed by atoms with Crippen LogP contribution in [0.3, 0.4) is 0 Å². The van der Waals surface area contributed by atoms with Crippen LogP contribution in [-0.2, 0) is 13.2 Å². The van der Waals surface area contributed by atoms with Crippen LogP contribution in [0.5, 0.6) is 11.5 Å². The molecule has 0 saturated carbocycles. The van der Waals surface area contributed by atoms with Crippen LogP contribution in [0, 0.1) is 13.8 Å². The van der Waals surface area contributed by atoms with E-state index in [2.05, 4.69) is 11.4 Å². The molecule has 5 heteroatoms. The summed E-state index contributed by atoms with van der Waals surface area (Å²) in [5.74, 6) is 1.32.